The quantitative estimate of drug-likeness (QED) is 0.283. The first-order valence-corrected chi connectivity index (χ1v) is 12.9. The number of benzene rings is 1. The molecule has 1 aromatic carbocycles. The van der Waals surface area contributed by atoms with Crippen LogP contribution in [0.4, 0.5) is 10.9 Å². The number of rotatable bonds is 6. The van der Waals surface area contributed by atoms with E-state index in [1.165, 1.54) is 49.6 Å². The predicted molar refractivity (Wildman–Crippen MR) is 143 cm³/mol. The van der Waals surface area contributed by atoms with E-state index in [2.05, 4.69) is 40.4 Å². The summed E-state index contributed by atoms with van der Waals surface area (Å²) in [6.45, 7) is 2.05. The molecule has 0 saturated heterocycles. The van der Waals surface area contributed by atoms with E-state index in [4.69, 9.17) is 16.8 Å². The molecule has 6 nitrogen and oxygen atoms in total. The molecule has 8 heteroatoms. The number of aryl methyl sites for hydroxylation is 1. The summed E-state index contributed by atoms with van der Waals surface area (Å²) < 4.78 is 1.08. The Bertz CT molecular complexity index is 1320. The van der Waals surface area contributed by atoms with Crippen LogP contribution in [0.1, 0.15) is 48.0 Å². The number of hydrogen-bond donors (Lipinski definition) is 1. The Kier molecular flexibility index (Phi) is 7.06. The van der Waals surface area contributed by atoms with Gasteiger partial charge in [-0.1, -0.05) is 54.4 Å². The molecular weight excluding hydrogens is 478 g/mol. The first-order chi connectivity index (χ1) is 17.1. The van der Waals surface area contributed by atoms with Gasteiger partial charge < -0.3 is 5.32 Å². The molecule has 1 aliphatic carbocycles. The average Bonchev–Trinajstić information content (AvgIpc) is 3.35. The van der Waals surface area contributed by atoms with Crippen LogP contribution in [0.25, 0.3) is 21.7 Å². The molecule has 0 bridgehead atoms. The molecule has 4 aromatic rings. The number of carbonyl (C=O) groups excluding carboxylic acids is 1. The highest BCUT2D eigenvalue weighted by Gasteiger charge is 2.24. The Morgan fingerprint density at radius 2 is 1.91 bits per heavy atom. The van der Waals surface area contributed by atoms with Gasteiger partial charge in [-0.15, -0.1) is 0 Å². The van der Waals surface area contributed by atoms with Crippen LogP contribution in [0.2, 0.25) is 0 Å². The molecule has 1 fully saturated rings. The fraction of sp³-hybridized carbons (Fsp3) is 0.259. The minimum absolute atomic E-state index is 0.370. The maximum atomic E-state index is 13.0. The summed E-state index contributed by atoms with van der Waals surface area (Å²) in [7, 11) is 0. The van der Waals surface area contributed by atoms with Crippen molar-refractivity contribution in [1.82, 2.24) is 15.0 Å². The minimum atomic E-state index is -0.370. The summed E-state index contributed by atoms with van der Waals surface area (Å²) >= 11 is 7.91. The summed E-state index contributed by atoms with van der Waals surface area (Å²) in [5.41, 5.74) is 4.27. The van der Waals surface area contributed by atoms with Crippen molar-refractivity contribution < 1.29 is 4.79 Å². The largest absolute Gasteiger partial charge is 0.367 e. The van der Waals surface area contributed by atoms with Crippen LogP contribution in [0.5, 0.6) is 0 Å². The number of anilines is 2. The number of nitrogens with one attached hydrogen (secondary N) is 1. The van der Waals surface area contributed by atoms with Crippen molar-refractivity contribution >= 4 is 40.0 Å². The third kappa shape index (κ3) is 5.36. The normalized spacial score (nSPS) is 14.0. The summed E-state index contributed by atoms with van der Waals surface area (Å²) in [6.07, 6.45) is 11.1. The number of halogens is 1. The van der Waals surface area contributed by atoms with Crippen LogP contribution in [0.15, 0.2) is 67.1 Å². The molecule has 178 valence electrons. The van der Waals surface area contributed by atoms with E-state index < -0.39 is 0 Å². The number of thiazole rings is 1. The Hall–Kier alpha value is -3.29. The summed E-state index contributed by atoms with van der Waals surface area (Å²) in [4.78, 5) is 27.3. The van der Waals surface area contributed by atoms with E-state index in [0.29, 0.717) is 16.7 Å². The number of aromatic nitrogens is 3. The zero-order chi connectivity index (χ0) is 24.2. The molecule has 0 spiro atoms. The molecule has 0 unspecified atom stereocenters. The molecule has 0 aliphatic heterocycles. The predicted octanol–water partition coefficient (Wildman–Crippen LogP) is 7.12. The van der Waals surface area contributed by atoms with Gasteiger partial charge in [-0.25, -0.2) is 9.97 Å². The van der Waals surface area contributed by atoms with Crippen molar-refractivity contribution in [1.29, 1.82) is 0 Å². The SMILES string of the molecule is Cc1cccc(-c2nc(N(Cl)C(=O)c3cccnc3)sc2-c2ccnc(NC3CCCCC3)c2)c1. The molecule has 1 saturated carbocycles. The standard InChI is InChI=1S/C27H26ClN5OS/c1-18-7-5-8-19(15-18)24-25(20-12-14-30-23(16-20)31-22-10-3-2-4-11-22)35-27(32-24)33(28)26(34)21-9-6-13-29-17-21/h5-9,12-17,22H,2-4,10-11H2,1H3,(H,30,31). The van der Waals surface area contributed by atoms with Gasteiger partial charge in [0.25, 0.3) is 5.91 Å². The van der Waals surface area contributed by atoms with Crippen LogP contribution in [0.3, 0.4) is 0 Å². The third-order valence-corrected chi connectivity index (χ3v) is 7.64. The number of hydrogen-bond acceptors (Lipinski definition) is 6. The lowest BCUT2D eigenvalue weighted by atomic mass is 9.95. The smallest absolute Gasteiger partial charge is 0.276 e. The van der Waals surface area contributed by atoms with Crippen molar-refractivity contribution in [2.45, 2.75) is 45.1 Å². The van der Waals surface area contributed by atoms with Gasteiger partial charge in [0.1, 0.15) is 5.82 Å². The molecule has 3 heterocycles. The molecule has 1 aliphatic rings. The molecule has 3 aromatic heterocycles. The molecule has 5 rings (SSSR count). The number of amides is 1. The molecule has 1 N–H and O–H groups in total. The average molecular weight is 504 g/mol. The highest BCUT2D eigenvalue weighted by molar-refractivity contribution is 7.20. The second kappa shape index (κ2) is 10.5. The van der Waals surface area contributed by atoms with Gasteiger partial charge in [0.2, 0.25) is 5.13 Å². The van der Waals surface area contributed by atoms with E-state index in [-0.39, 0.29) is 5.91 Å². The second-order valence-electron chi connectivity index (χ2n) is 8.78. The van der Waals surface area contributed by atoms with Crippen LogP contribution in [-0.4, -0.2) is 26.9 Å². The molecule has 0 atom stereocenters. The van der Waals surface area contributed by atoms with Gasteiger partial charge in [0.05, 0.1) is 16.1 Å². The number of carbonyl (C=O) groups is 1. The molecular formula is C27H26ClN5OS. The van der Waals surface area contributed by atoms with E-state index >= 15 is 0 Å². The summed E-state index contributed by atoms with van der Waals surface area (Å²) in [5, 5.41) is 4.01. The Morgan fingerprint density at radius 3 is 2.69 bits per heavy atom. The topological polar surface area (TPSA) is 71.0 Å². The van der Waals surface area contributed by atoms with Gasteiger partial charge >= 0.3 is 0 Å². The zero-order valence-corrected chi connectivity index (χ0v) is 21.0. The minimum Gasteiger partial charge on any atom is -0.367 e. The first-order valence-electron chi connectivity index (χ1n) is 11.8. The van der Waals surface area contributed by atoms with Gasteiger partial charge in [0.15, 0.2) is 0 Å². The first kappa shape index (κ1) is 23.5. The Balaban J connectivity index is 1.52. The summed E-state index contributed by atoms with van der Waals surface area (Å²) in [6, 6.07) is 16.1. The molecule has 35 heavy (non-hydrogen) atoms. The van der Waals surface area contributed by atoms with Crippen LogP contribution in [-0.2, 0) is 0 Å². The van der Waals surface area contributed by atoms with Crippen molar-refractivity contribution in [3.63, 3.8) is 0 Å². The number of pyridine rings is 2. The van der Waals surface area contributed by atoms with Crippen LogP contribution in [0, 0.1) is 6.92 Å². The monoisotopic (exact) mass is 503 g/mol. The summed E-state index contributed by atoms with van der Waals surface area (Å²) in [5.74, 6) is 0.485. The third-order valence-electron chi connectivity index (χ3n) is 6.14. The van der Waals surface area contributed by atoms with E-state index in [1.54, 1.807) is 18.3 Å². The Morgan fingerprint density at radius 1 is 1.06 bits per heavy atom. The van der Waals surface area contributed by atoms with E-state index in [0.717, 1.165) is 37.5 Å². The molecule has 0 radical (unpaired) electrons. The van der Waals surface area contributed by atoms with Crippen molar-refractivity contribution in [3.8, 4) is 21.7 Å². The fourth-order valence-electron chi connectivity index (χ4n) is 4.37. The molecule has 1 amide bonds. The highest BCUT2D eigenvalue weighted by Crippen LogP contribution is 2.42. The number of nitrogens with zero attached hydrogens (tertiary/aromatic N) is 4. The lowest BCUT2D eigenvalue weighted by Gasteiger charge is -2.23. The van der Waals surface area contributed by atoms with Crippen molar-refractivity contribution in [2.24, 2.45) is 0 Å². The van der Waals surface area contributed by atoms with Crippen molar-refractivity contribution in [3.05, 3.63) is 78.2 Å². The van der Waals surface area contributed by atoms with Crippen LogP contribution < -0.4 is 9.74 Å². The maximum absolute atomic E-state index is 13.0. The van der Waals surface area contributed by atoms with Crippen LogP contribution >= 0.6 is 23.1 Å². The van der Waals surface area contributed by atoms with E-state index in [1.807, 2.05) is 24.4 Å². The Labute approximate surface area is 214 Å². The second-order valence-corrected chi connectivity index (χ2v) is 10.1. The van der Waals surface area contributed by atoms with E-state index in [9.17, 15) is 4.79 Å². The van der Waals surface area contributed by atoms with Gasteiger partial charge in [0, 0.05) is 42.0 Å². The van der Waals surface area contributed by atoms with Gasteiger partial charge in [-0.3, -0.25) is 9.78 Å². The van der Waals surface area contributed by atoms with Crippen molar-refractivity contribution in [2.75, 3.05) is 9.74 Å². The highest BCUT2D eigenvalue weighted by atomic mass is 35.5. The lowest BCUT2D eigenvalue weighted by Crippen LogP contribution is -2.22. The maximum Gasteiger partial charge on any atom is 0.276 e. The lowest BCUT2D eigenvalue weighted by molar-refractivity contribution is 0.100. The van der Waals surface area contributed by atoms with Gasteiger partial charge in [-0.2, -0.15) is 4.42 Å². The van der Waals surface area contributed by atoms with Gasteiger partial charge in [-0.05, 0) is 55.7 Å². The fourth-order valence-corrected chi connectivity index (χ4v) is 5.60. The zero-order valence-electron chi connectivity index (χ0n) is 19.4.